The molecule has 1 saturated heterocycles. The van der Waals surface area contributed by atoms with Gasteiger partial charge in [-0.05, 0) is 61.3 Å². The van der Waals surface area contributed by atoms with E-state index in [9.17, 15) is 19.8 Å². The van der Waals surface area contributed by atoms with Crippen molar-refractivity contribution in [2.24, 2.45) is 17.8 Å². The third-order valence-corrected chi connectivity index (χ3v) is 7.60. The maximum atomic E-state index is 13.2. The van der Waals surface area contributed by atoms with Gasteiger partial charge in [-0.15, -0.1) is 0 Å². The lowest BCUT2D eigenvalue weighted by molar-refractivity contribution is -0.165. The average Bonchev–Trinajstić information content (AvgIpc) is 2.81. The summed E-state index contributed by atoms with van der Waals surface area (Å²) in [6.07, 6.45) is 5.79. The van der Waals surface area contributed by atoms with Crippen molar-refractivity contribution in [2.75, 3.05) is 0 Å². The summed E-state index contributed by atoms with van der Waals surface area (Å²) in [6.45, 7) is 5.99. The number of carbonyl (C=O) groups is 2. The van der Waals surface area contributed by atoms with E-state index in [-0.39, 0.29) is 36.2 Å². The van der Waals surface area contributed by atoms with Gasteiger partial charge in [0.25, 0.3) is 0 Å². The number of hydrogen-bond donors (Lipinski definition) is 2. The van der Waals surface area contributed by atoms with Crippen LogP contribution in [0.3, 0.4) is 0 Å². The molecule has 4 rings (SSSR count). The number of benzene rings is 1. The summed E-state index contributed by atoms with van der Waals surface area (Å²) in [4.78, 5) is 25.0. The lowest BCUT2D eigenvalue weighted by Gasteiger charge is -2.43. The summed E-state index contributed by atoms with van der Waals surface area (Å²) in [5.41, 5.74) is 2.02. The van der Waals surface area contributed by atoms with Crippen LogP contribution in [0.1, 0.15) is 57.9 Å². The van der Waals surface area contributed by atoms with Crippen molar-refractivity contribution < 1.29 is 34.0 Å². The molecule has 1 heterocycles. The summed E-state index contributed by atoms with van der Waals surface area (Å²) in [5.74, 6) is 0.128. The fraction of sp³-hybridized carbons (Fsp3) is 0.586. The number of cyclic esters (lactones) is 1. The highest BCUT2D eigenvalue weighted by Gasteiger charge is 2.43. The fourth-order valence-electron chi connectivity index (χ4n) is 5.78. The van der Waals surface area contributed by atoms with Crippen molar-refractivity contribution in [2.45, 2.75) is 89.8 Å². The van der Waals surface area contributed by atoms with Gasteiger partial charge in [-0.3, -0.25) is 4.79 Å². The second kappa shape index (κ2) is 11.6. The predicted octanol–water partition coefficient (Wildman–Crippen LogP) is 4.04. The molecule has 2 N–H and O–H groups in total. The Kier molecular flexibility index (Phi) is 8.52. The highest BCUT2D eigenvalue weighted by atomic mass is 16.6. The topological polar surface area (TPSA) is 102 Å². The molecule has 3 aliphatic rings. The Labute approximate surface area is 213 Å². The molecule has 0 radical (unpaired) electrons. The first kappa shape index (κ1) is 26.4. The van der Waals surface area contributed by atoms with Crippen LogP contribution in [0.4, 0.5) is 0 Å². The normalized spacial score (nSPS) is 32.6. The van der Waals surface area contributed by atoms with Gasteiger partial charge in [0.1, 0.15) is 18.0 Å². The Hall–Kier alpha value is -2.64. The van der Waals surface area contributed by atoms with Crippen LogP contribution < -0.4 is 4.74 Å². The maximum Gasteiger partial charge on any atom is 0.347 e. The quantitative estimate of drug-likeness (QED) is 0.522. The zero-order valence-corrected chi connectivity index (χ0v) is 21.3. The molecule has 196 valence electrons. The Morgan fingerprint density at radius 2 is 2.03 bits per heavy atom. The number of esters is 2. The molecule has 0 amide bonds. The van der Waals surface area contributed by atoms with Crippen molar-refractivity contribution in [3.8, 4) is 5.75 Å². The summed E-state index contributed by atoms with van der Waals surface area (Å²) in [5, 5.41) is 20.5. The summed E-state index contributed by atoms with van der Waals surface area (Å²) in [7, 11) is 0. The van der Waals surface area contributed by atoms with Gasteiger partial charge in [-0.1, -0.05) is 44.2 Å². The highest BCUT2D eigenvalue weighted by Crippen LogP contribution is 2.44. The van der Waals surface area contributed by atoms with E-state index in [4.69, 9.17) is 14.2 Å². The zero-order valence-electron chi connectivity index (χ0n) is 21.3. The monoisotopic (exact) mass is 498 g/mol. The minimum Gasteiger partial charge on any atom is -0.479 e. The average molecular weight is 499 g/mol. The third kappa shape index (κ3) is 6.37. The Morgan fingerprint density at radius 1 is 1.22 bits per heavy atom. The third-order valence-electron chi connectivity index (χ3n) is 7.60. The molecule has 7 heteroatoms. The van der Waals surface area contributed by atoms with Gasteiger partial charge in [0.05, 0.1) is 18.6 Å². The number of rotatable bonds is 8. The molecular weight excluding hydrogens is 460 g/mol. The van der Waals surface area contributed by atoms with Gasteiger partial charge in [0, 0.05) is 18.8 Å². The number of ether oxygens (including phenoxy) is 3. The first-order valence-electron chi connectivity index (χ1n) is 13.1. The number of aliphatic hydroxyl groups is 2. The number of aliphatic hydroxyl groups excluding tert-OH is 2. The van der Waals surface area contributed by atoms with E-state index in [0.717, 1.165) is 17.6 Å². The van der Waals surface area contributed by atoms with E-state index in [1.807, 2.05) is 50.3 Å². The van der Waals surface area contributed by atoms with Crippen LogP contribution >= 0.6 is 0 Å². The summed E-state index contributed by atoms with van der Waals surface area (Å²) < 4.78 is 17.5. The number of carbonyl (C=O) groups excluding carboxylic acids is 2. The minimum absolute atomic E-state index is 0.0493. The Bertz CT molecular complexity index is 999. The number of hydrogen-bond acceptors (Lipinski definition) is 7. The number of allylic oxidation sites excluding steroid dienone is 2. The number of fused-ring (bicyclic) bond motifs is 1. The van der Waals surface area contributed by atoms with Gasteiger partial charge >= 0.3 is 11.9 Å². The molecule has 1 aromatic rings. The van der Waals surface area contributed by atoms with Crippen molar-refractivity contribution in [1.82, 2.24) is 0 Å². The largest absolute Gasteiger partial charge is 0.479 e. The first-order valence-corrected chi connectivity index (χ1v) is 13.1. The van der Waals surface area contributed by atoms with Crippen LogP contribution in [0.2, 0.25) is 0 Å². The molecule has 8 atom stereocenters. The van der Waals surface area contributed by atoms with Gasteiger partial charge in [-0.25, -0.2) is 4.79 Å². The van der Waals surface area contributed by atoms with Gasteiger partial charge in [-0.2, -0.15) is 0 Å². The maximum absolute atomic E-state index is 13.2. The van der Waals surface area contributed by atoms with E-state index in [2.05, 4.69) is 13.0 Å². The van der Waals surface area contributed by atoms with Crippen LogP contribution in [0, 0.1) is 24.7 Å². The lowest BCUT2D eigenvalue weighted by atomic mass is 9.66. The van der Waals surface area contributed by atoms with E-state index in [1.165, 1.54) is 0 Å². The molecule has 0 bridgehead atoms. The fourth-order valence-corrected chi connectivity index (χ4v) is 5.78. The lowest BCUT2D eigenvalue weighted by Crippen LogP contribution is -2.44. The van der Waals surface area contributed by atoms with Crippen molar-refractivity contribution in [1.29, 1.82) is 0 Å². The van der Waals surface area contributed by atoms with E-state index >= 15 is 0 Å². The minimum atomic E-state index is -0.739. The van der Waals surface area contributed by atoms with E-state index in [1.54, 1.807) is 0 Å². The van der Waals surface area contributed by atoms with Crippen molar-refractivity contribution in [3.63, 3.8) is 0 Å². The second-order valence-corrected chi connectivity index (χ2v) is 10.5. The molecule has 0 saturated carbocycles. The second-order valence-electron chi connectivity index (χ2n) is 10.5. The summed E-state index contributed by atoms with van der Waals surface area (Å²) in [6, 6.07) is 7.57. The SMILES string of the molecule is CCC(Oc1cccc(C)c1)C(=O)O[C@H]1C[C@H](O)C=C2C=C[C@H](C)[C@H](CC[C@@H]3C[C@@H](O)CC(=O)O3)[C@H]21. The standard InChI is InChI=1S/C29H38O7/c1-4-25(34-22-7-5-6-17(2)12-22)29(33)36-26-15-20(30)13-19-9-8-18(3)24(28(19)26)11-10-23-14-21(31)16-27(32)35-23/h5-9,12-13,18,20-21,23-26,28,30-31H,4,10-11,14-16H2,1-3H3/t18-,20+,21+,23+,24-,25?,26-,28-/m0/s1. The van der Waals surface area contributed by atoms with Gasteiger partial charge in [0.2, 0.25) is 0 Å². The summed E-state index contributed by atoms with van der Waals surface area (Å²) >= 11 is 0. The molecule has 2 aliphatic carbocycles. The smallest absolute Gasteiger partial charge is 0.347 e. The van der Waals surface area contributed by atoms with E-state index < -0.39 is 30.4 Å². The molecular formula is C29H38O7. The molecule has 0 spiro atoms. The van der Waals surface area contributed by atoms with Gasteiger partial charge < -0.3 is 24.4 Å². The first-order chi connectivity index (χ1) is 17.2. The predicted molar refractivity (Wildman–Crippen MR) is 134 cm³/mol. The number of aryl methyl sites for hydroxylation is 1. The zero-order chi connectivity index (χ0) is 25.8. The molecule has 0 aromatic heterocycles. The van der Waals surface area contributed by atoms with Crippen LogP contribution in [0.15, 0.2) is 48.1 Å². The van der Waals surface area contributed by atoms with Crippen LogP contribution in [-0.2, 0) is 19.1 Å². The van der Waals surface area contributed by atoms with Crippen LogP contribution in [-0.4, -0.2) is 52.7 Å². The molecule has 1 aliphatic heterocycles. The van der Waals surface area contributed by atoms with Crippen molar-refractivity contribution >= 4 is 11.9 Å². The molecule has 1 fully saturated rings. The molecule has 7 nitrogen and oxygen atoms in total. The highest BCUT2D eigenvalue weighted by molar-refractivity contribution is 5.75. The Morgan fingerprint density at radius 3 is 2.75 bits per heavy atom. The van der Waals surface area contributed by atoms with Gasteiger partial charge in [0.15, 0.2) is 6.10 Å². The molecule has 1 unspecified atom stereocenters. The van der Waals surface area contributed by atoms with Crippen molar-refractivity contribution in [3.05, 3.63) is 53.6 Å². The molecule has 36 heavy (non-hydrogen) atoms. The van der Waals surface area contributed by atoms with Crippen LogP contribution in [0.5, 0.6) is 5.75 Å². The van der Waals surface area contributed by atoms with Crippen LogP contribution in [0.25, 0.3) is 0 Å². The van der Waals surface area contributed by atoms with E-state index in [0.29, 0.717) is 31.4 Å². The Balaban J connectivity index is 1.47. The molecule has 1 aromatic carbocycles.